The molecule has 0 unspecified atom stereocenters. The number of nitrogens with two attached hydrogens (primary N) is 2. The topological polar surface area (TPSA) is 122 Å². The van der Waals surface area contributed by atoms with Gasteiger partial charge in [0.25, 0.3) is 0 Å². The zero-order valence-corrected chi connectivity index (χ0v) is 21.5. The first-order valence-corrected chi connectivity index (χ1v) is 12.9. The Bertz CT molecular complexity index is 1430. The van der Waals surface area contributed by atoms with Crippen LogP contribution in [0.1, 0.15) is 50.7 Å². The molecule has 0 aliphatic heterocycles. The number of fused-ring (bicyclic) bond motifs is 1. The Balaban J connectivity index is 1.56. The van der Waals surface area contributed by atoms with Crippen molar-refractivity contribution in [2.45, 2.75) is 52.4 Å². The second-order valence-corrected chi connectivity index (χ2v) is 9.13. The van der Waals surface area contributed by atoms with Crippen LogP contribution in [0.5, 0.6) is 5.75 Å². The van der Waals surface area contributed by atoms with E-state index in [9.17, 15) is 5.11 Å². The summed E-state index contributed by atoms with van der Waals surface area (Å²) in [6, 6.07) is 20.2. The zero-order valence-electron chi connectivity index (χ0n) is 21.5. The van der Waals surface area contributed by atoms with Gasteiger partial charge in [0.1, 0.15) is 11.4 Å². The Morgan fingerprint density at radius 2 is 1.30 bits per heavy atom. The van der Waals surface area contributed by atoms with E-state index in [1.165, 1.54) is 11.1 Å². The predicted molar refractivity (Wildman–Crippen MR) is 153 cm³/mol. The van der Waals surface area contributed by atoms with Crippen LogP contribution in [0.4, 0.5) is 34.1 Å². The lowest BCUT2D eigenvalue weighted by atomic mass is 9.95. The number of rotatable bonds is 10. The van der Waals surface area contributed by atoms with E-state index in [1.807, 2.05) is 48.5 Å². The van der Waals surface area contributed by atoms with Crippen molar-refractivity contribution in [3.63, 3.8) is 0 Å². The standard InChI is InChI=1S/C30H34N6O/c1-3-5-9-23-24(10-6-4-2)27(18-17-25(23)31)35-33-21-13-15-22(16-14-21)34-36-30-28(37)19-12-20-8-7-11-26(32)29(20)30/h7-8,11-19,37H,3-6,9-10,31-32H2,1-2H3. The number of benzene rings is 4. The summed E-state index contributed by atoms with van der Waals surface area (Å²) in [5.74, 6) is 0.0280. The highest BCUT2D eigenvalue weighted by atomic mass is 16.3. The average Bonchev–Trinajstić information content (AvgIpc) is 2.91. The molecule has 0 saturated carbocycles. The second-order valence-electron chi connectivity index (χ2n) is 9.13. The van der Waals surface area contributed by atoms with E-state index in [0.717, 1.165) is 55.3 Å². The number of hydrogen-bond acceptors (Lipinski definition) is 7. The van der Waals surface area contributed by atoms with Crippen molar-refractivity contribution in [3.05, 3.63) is 77.9 Å². The molecule has 4 rings (SSSR count). The summed E-state index contributed by atoms with van der Waals surface area (Å²) in [7, 11) is 0. The minimum absolute atomic E-state index is 0.0280. The maximum Gasteiger partial charge on any atom is 0.143 e. The highest BCUT2D eigenvalue weighted by molar-refractivity contribution is 6.03. The molecular weight excluding hydrogens is 460 g/mol. The smallest absolute Gasteiger partial charge is 0.143 e. The van der Waals surface area contributed by atoms with Gasteiger partial charge in [0.2, 0.25) is 0 Å². The molecule has 0 atom stereocenters. The van der Waals surface area contributed by atoms with Crippen molar-refractivity contribution in [2.24, 2.45) is 20.5 Å². The first-order valence-electron chi connectivity index (χ1n) is 12.9. The van der Waals surface area contributed by atoms with Crippen LogP contribution in [0.3, 0.4) is 0 Å². The van der Waals surface area contributed by atoms with Gasteiger partial charge in [-0.25, -0.2) is 0 Å². The molecule has 4 aromatic rings. The molecule has 0 amide bonds. The number of phenols is 1. The molecule has 0 fully saturated rings. The molecule has 0 heterocycles. The van der Waals surface area contributed by atoms with Crippen molar-refractivity contribution < 1.29 is 5.11 Å². The predicted octanol–water partition coefficient (Wildman–Crippen LogP) is 9.23. The maximum absolute atomic E-state index is 10.3. The molecule has 0 bridgehead atoms. The lowest BCUT2D eigenvalue weighted by Crippen LogP contribution is -2.01. The van der Waals surface area contributed by atoms with E-state index < -0.39 is 0 Å². The molecule has 5 N–H and O–H groups in total. The van der Waals surface area contributed by atoms with Gasteiger partial charge in [0.15, 0.2) is 0 Å². The summed E-state index contributed by atoms with van der Waals surface area (Å²) in [6.45, 7) is 4.38. The average molecular weight is 495 g/mol. The summed E-state index contributed by atoms with van der Waals surface area (Å²) >= 11 is 0. The summed E-state index contributed by atoms with van der Waals surface area (Å²) in [5, 5.41) is 29.6. The van der Waals surface area contributed by atoms with Crippen molar-refractivity contribution in [1.29, 1.82) is 0 Å². The molecule has 7 nitrogen and oxygen atoms in total. The second kappa shape index (κ2) is 12.1. The van der Waals surface area contributed by atoms with E-state index in [4.69, 9.17) is 11.5 Å². The maximum atomic E-state index is 10.3. The molecule has 0 aromatic heterocycles. The number of nitrogen functional groups attached to an aromatic ring is 2. The normalized spacial score (nSPS) is 11.7. The minimum atomic E-state index is 0.0280. The highest BCUT2D eigenvalue weighted by Gasteiger charge is 2.12. The van der Waals surface area contributed by atoms with Gasteiger partial charge in [0, 0.05) is 16.8 Å². The number of unbranched alkanes of at least 4 members (excludes halogenated alkanes) is 2. The van der Waals surface area contributed by atoms with Crippen molar-refractivity contribution in [1.82, 2.24) is 0 Å². The third kappa shape index (κ3) is 6.12. The summed E-state index contributed by atoms with van der Waals surface area (Å²) in [5.41, 5.74) is 18.8. The Morgan fingerprint density at radius 1 is 0.649 bits per heavy atom. The fourth-order valence-electron chi connectivity index (χ4n) is 4.36. The molecule has 0 spiro atoms. The van der Waals surface area contributed by atoms with Crippen LogP contribution in [-0.2, 0) is 12.8 Å². The van der Waals surface area contributed by atoms with Gasteiger partial charge in [-0.05, 0) is 90.7 Å². The first kappa shape index (κ1) is 25.8. The summed E-state index contributed by atoms with van der Waals surface area (Å²) in [6.07, 6.45) is 6.32. The van der Waals surface area contributed by atoms with E-state index in [1.54, 1.807) is 18.2 Å². The monoisotopic (exact) mass is 494 g/mol. The van der Waals surface area contributed by atoms with E-state index in [-0.39, 0.29) is 5.75 Å². The van der Waals surface area contributed by atoms with Crippen LogP contribution in [0, 0.1) is 0 Å². The number of aromatic hydroxyl groups is 1. The molecule has 0 aliphatic carbocycles. The fraction of sp³-hybridized carbons (Fsp3) is 0.267. The quantitative estimate of drug-likeness (QED) is 0.150. The van der Waals surface area contributed by atoms with Crippen molar-refractivity contribution in [2.75, 3.05) is 11.5 Å². The van der Waals surface area contributed by atoms with E-state index in [0.29, 0.717) is 28.1 Å². The molecule has 0 saturated heterocycles. The molecule has 7 heteroatoms. The largest absolute Gasteiger partial charge is 0.506 e. The Kier molecular flexibility index (Phi) is 8.46. The number of hydrogen-bond donors (Lipinski definition) is 3. The third-order valence-corrected chi connectivity index (χ3v) is 6.42. The first-order chi connectivity index (χ1) is 18.0. The van der Waals surface area contributed by atoms with Crippen LogP contribution in [0.15, 0.2) is 87.2 Å². The lowest BCUT2D eigenvalue weighted by molar-refractivity contribution is 0.477. The van der Waals surface area contributed by atoms with Gasteiger partial charge in [-0.1, -0.05) is 44.9 Å². The van der Waals surface area contributed by atoms with Gasteiger partial charge in [-0.2, -0.15) is 15.3 Å². The number of phenolic OH excluding ortho intramolecular Hbond substituents is 1. The van der Waals surface area contributed by atoms with Crippen LogP contribution in [0.25, 0.3) is 10.8 Å². The van der Waals surface area contributed by atoms with Crippen LogP contribution in [-0.4, -0.2) is 5.11 Å². The number of anilines is 2. The van der Waals surface area contributed by atoms with Gasteiger partial charge >= 0.3 is 0 Å². The molecule has 190 valence electrons. The van der Waals surface area contributed by atoms with E-state index >= 15 is 0 Å². The van der Waals surface area contributed by atoms with Crippen LogP contribution < -0.4 is 11.5 Å². The number of azo groups is 2. The molecule has 37 heavy (non-hydrogen) atoms. The molecule has 4 aromatic carbocycles. The summed E-state index contributed by atoms with van der Waals surface area (Å²) in [4.78, 5) is 0. The molecular formula is C30H34N6O. The third-order valence-electron chi connectivity index (χ3n) is 6.42. The highest BCUT2D eigenvalue weighted by Crippen LogP contribution is 2.39. The van der Waals surface area contributed by atoms with Gasteiger partial charge in [0.05, 0.1) is 17.1 Å². The SMILES string of the molecule is CCCCc1c(N)ccc(N=Nc2ccc(N=Nc3c(O)ccc4cccc(N)c34)cc2)c1CCCC. The zero-order chi connectivity index (χ0) is 26.2. The lowest BCUT2D eigenvalue weighted by Gasteiger charge is -2.14. The number of nitrogens with zero attached hydrogens (tertiary/aromatic N) is 4. The summed E-state index contributed by atoms with van der Waals surface area (Å²) < 4.78 is 0. The minimum Gasteiger partial charge on any atom is -0.506 e. The Hall–Kier alpha value is -4.26. The van der Waals surface area contributed by atoms with Crippen molar-refractivity contribution >= 4 is 44.9 Å². The van der Waals surface area contributed by atoms with Gasteiger partial charge in [-0.15, -0.1) is 5.11 Å². The molecule has 0 radical (unpaired) electrons. The fourth-order valence-corrected chi connectivity index (χ4v) is 4.36. The van der Waals surface area contributed by atoms with Crippen molar-refractivity contribution in [3.8, 4) is 5.75 Å². The van der Waals surface area contributed by atoms with E-state index in [2.05, 4.69) is 34.3 Å². The van der Waals surface area contributed by atoms with Crippen LogP contribution >= 0.6 is 0 Å². The molecule has 0 aliphatic rings. The van der Waals surface area contributed by atoms with Crippen LogP contribution in [0.2, 0.25) is 0 Å². The van der Waals surface area contributed by atoms with Gasteiger partial charge in [-0.3, -0.25) is 0 Å². The Labute approximate surface area is 218 Å². The Morgan fingerprint density at radius 3 is 1.97 bits per heavy atom. The van der Waals surface area contributed by atoms with Gasteiger partial charge < -0.3 is 16.6 Å².